The van der Waals surface area contributed by atoms with Crippen molar-refractivity contribution in [2.24, 2.45) is 5.92 Å². The van der Waals surface area contributed by atoms with E-state index in [1.54, 1.807) is 26.0 Å². The Kier molecular flexibility index (Phi) is 5.08. The lowest BCUT2D eigenvalue weighted by atomic mass is 9.85. The van der Waals surface area contributed by atoms with Crippen molar-refractivity contribution >= 4 is 11.9 Å². The molecular weight excluding hydrogens is 323 g/mol. The summed E-state index contributed by atoms with van der Waals surface area (Å²) in [5.41, 5.74) is 1.41. The van der Waals surface area contributed by atoms with Gasteiger partial charge in [0.15, 0.2) is 0 Å². The molecule has 0 bridgehead atoms. The number of nitrogens with one attached hydrogen (secondary N) is 1. The Hall–Kier alpha value is -1.95. The summed E-state index contributed by atoms with van der Waals surface area (Å²) >= 11 is 0. The van der Waals surface area contributed by atoms with E-state index >= 15 is 0 Å². The van der Waals surface area contributed by atoms with E-state index in [-0.39, 0.29) is 30.4 Å². The minimum atomic E-state index is -0.801. The SMILES string of the molecule is Cc1cc(C(=O)NC2CC(N(CC(=O)O)CC3CC3)C2)cc(C)c1F. The molecule has 2 aliphatic rings. The van der Waals surface area contributed by atoms with E-state index in [1.807, 2.05) is 4.90 Å². The Balaban J connectivity index is 1.53. The van der Waals surface area contributed by atoms with E-state index in [4.69, 9.17) is 5.11 Å². The van der Waals surface area contributed by atoms with Crippen molar-refractivity contribution in [2.75, 3.05) is 13.1 Å². The van der Waals surface area contributed by atoms with Crippen molar-refractivity contribution < 1.29 is 19.1 Å². The summed E-state index contributed by atoms with van der Waals surface area (Å²) < 4.78 is 13.7. The van der Waals surface area contributed by atoms with Crippen LogP contribution in [0.15, 0.2) is 12.1 Å². The van der Waals surface area contributed by atoms with Crippen LogP contribution < -0.4 is 5.32 Å². The molecule has 2 N–H and O–H groups in total. The predicted octanol–water partition coefficient (Wildman–Crippen LogP) is 2.50. The second-order valence-electron chi connectivity index (χ2n) is 7.49. The van der Waals surface area contributed by atoms with E-state index in [2.05, 4.69) is 5.32 Å². The van der Waals surface area contributed by atoms with E-state index < -0.39 is 5.97 Å². The molecule has 0 saturated heterocycles. The molecule has 136 valence electrons. The first-order valence-corrected chi connectivity index (χ1v) is 8.87. The summed E-state index contributed by atoms with van der Waals surface area (Å²) in [5, 5.41) is 12.1. The molecule has 2 aliphatic carbocycles. The van der Waals surface area contributed by atoms with Crippen molar-refractivity contribution in [2.45, 2.75) is 51.6 Å². The Morgan fingerprint density at radius 2 is 1.84 bits per heavy atom. The first-order chi connectivity index (χ1) is 11.8. The number of aliphatic carboxylic acids is 1. The molecule has 0 atom stereocenters. The van der Waals surface area contributed by atoms with Crippen molar-refractivity contribution in [1.29, 1.82) is 0 Å². The molecule has 1 amide bonds. The van der Waals surface area contributed by atoms with E-state index in [0.717, 1.165) is 19.4 Å². The van der Waals surface area contributed by atoms with Crippen LogP contribution in [0, 0.1) is 25.6 Å². The first-order valence-electron chi connectivity index (χ1n) is 8.87. The van der Waals surface area contributed by atoms with Crippen LogP contribution in [-0.2, 0) is 4.79 Å². The molecule has 2 fully saturated rings. The van der Waals surface area contributed by atoms with Gasteiger partial charge < -0.3 is 10.4 Å². The van der Waals surface area contributed by atoms with Gasteiger partial charge in [0.05, 0.1) is 6.54 Å². The number of carbonyl (C=O) groups excluding carboxylic acids is 1. The molecule has 6 heteroatoms. The van der Waals surface area contributed by atoms with Crippen molar-refractivity contribution in [3.63, 3.8) is 0 Å². The Labute approximate surface area is 147 Å². The van der Waals surface area contributed by atoms with Crippen LogP contribution in [0.2, 0.25) is 0 Å². The van der Waals surface area contributed by atoms with Gasteiger partial charge in [0.1, 0.15) is 5.82 Å². The molecule has 1 aromatic rings. The molecule has 3 rings (SSSR count). The van der Waals surface area contributed by atoms with Gasteiger partial charge in [-0.2, -0.15) is 0 Å². The molecule has 2 saturated carbocycles. The van der Waals surface area contributed by atoms with Gasteiger partial charge in [0, 0.05) is 24.2 Å². The Morgan fingerprint density at radius 3 is 2.36 bits per heavy atom. The highest BCUT2D eigenvalue weighted by Gasteiger charge is 2.37. The van der Waals surface area contributed by atoms with Crippen molar-refractivity contribution in [1.82, 2.24) is 10.2 Å². The van der Waals surface area contributed by atoms with Gasteiger partial charge in [-0.3, -0.25) is 14.5 Å². The monoisotopic (exact) mass is 348 g/mol. The summed E-state index contributed by atoms with van der Waals surface area (Å²) in [6.07, 6.45) is 3.91. The standard InChI is InChI=1S/C19H25FN2O3/c1-11-5-14(6-12(2)18(11)20)19(25)21-15-7-16(8-15)22(10-17(23)24)9-13-3-4-13/h5-6,13,15-16H,3-4,7-10H2,1-2H3,(H,21,25)(H,23,24). The Bertz CT molecular complexity index is 658. The van der Waals surface area contributed by atoms with Gasteiger partial charge in [0.2, 0.25) is 0 Å². The molecule has 0 unspecified atom stereocenters. The maximum atomic E-state index is 13.7. The number of rotatable bonds is 7. The van der Waals surface area contributed by atoms with Crippen LogP contribution in [0.3, 0.4) is 0 Å². The molecule has 0 aliphatic heterocycles. The lowest BCUT2D eigenvalue weighted by Gasteiger charge is -2.42. The minimum absolute atomic E-state index is 0.0543. The predicted molar refractivity (Wildman–Crippen MR) is 92.1 cm³/mol. The molecule has 0 spiro atoms. The largest absolute Gasteiger partial charge is 0.480 e. The lowest BCUT2D eigenvalue weighted by Crippen LogP contribution is -2.55. The second-order valence-corrected chi connectivity index (χ2v) is 7.49. The van der Waals surface area contributed by atoms with Crippen molar-refractivity contribution in [3.8, 4) is 0 Å². The molecular formula is C19H25FN2O3. The number of benzene rings is 1. The summed E-state index contributed by atoms with van der Waals surface area (Å²) in [7, 11) is 0. The number of amides is 1. The lowest BCUT2D eigenvalue weighted by molar-refractivity contribution is -0.139. The number of hydrogen-bond donors (Lipinski definition) is 2. The van der Waals surface area contributed by atoms with Crippen LogP contribution in [0.1, 0.15) is 47.2 Å². The number of aryl methyl sites for hydroxylation is 2. The molecule has 5 nitrogen and oxygen atoms in total. The number of nitrogens with zero attached hydrogens (tertiary/aromatic N) is 1. The highest BCUT2D eigenvalue weighted by atomic mass is 19.1. The van der Waals surface area contributed by atoms with Gasteiger partial charge in [-0.1, -0.05) is 0 Å². The fourth-order valence-corrected chi connectivity index (χ4v) is 3.50. The van der Waals surface area contributed by atoms with Gasteiger partial charge in [0.25, 0.3) is 5.91 Å². The third-order valence-electron chi connectivity index (χ3n) is 5.19. The zero-order valence-corrected chi connectivity index (χ0v) is 14.7. The molecule has 25 heavy (non-hydrogen) atoms. The van der Waals surface area contributed by atoms with Crippen LogP contribution in [0.4, 0.5) is 4.39 Å². The number of hydrogen-bond acceptors (Lipinski definition) is 3. The minimum Gasteiger partial charge on any atom is -0.480 e. The highest BCUT2D eigenvalue weighted by Crippen LogP contribution is 2.33. The third kappa shape index (κ3) is 4.37. The quantitative estimate of drug-likeness (QED) is 0.794. The summed E-state index contributed by atoms with van der Waals surface area (Å²) in [6, 6.07) is 3.41. The van der Waals surface area contributed by atoms with Crippen LogP contribution in [0.25, 0.3) is 0 Å². The second kappa shape index (κ2) is 7.12. The smallest absolute Gasteiger partial charge is 0.317 e. The fraction of sp³-hybridized carbons (Fsp3) is 0.579. The highest BCUT2D eigenvalue weighted by molar-refractivity contribution is 5.94. The molecule has 1 aromatic carbocycles. The zero-order valence-electron chi connectivity index (χ0n) is 14.7. The van der Waals surface area contributed by atoms with Gasteiger partial charge in [-0.15, -0.1) is 0 Å². The first kappa shape index (κ1) is 17.9. The zero-order chi connectivity index (χ0) is 18.1. The summed E-state index contributed by atoms with van der Waals surface area (Å²) in [6.45, 7) is 4.21. The number of carboxylic acid groups (broad SMARTS) is 1. The molecule has 0 radical (unpaired) electrons. The van der Waals surface area contributed by atoms with E-state index in [0.29, 0.717) is 22.6 Å². The fourth-order valence-electron chi connectivity index (χ4n) is 3.50. The van der Waals surface area contributed by atoms with Crippen LogP contribution >= 0.6 is 0 Å². The average molecular weight is 348 g/mol. The summed E-state index contributed by atoms with van der Waals surface area (Å²) in [5.74, 6) is -0.630. The van der Waals surface area contributed by atoms with Gasteiger partial charge in [-0.25, -0.2) is 4.39 Å². The molecule has 0 aromatic heterocycles. The average Bonchev–Trinajstić information content (AvgIpc) is 3.30. The number of carbonyl (C=O) groups is 2. The van der Waals surface area contributed by atoms with Crippen LogP contribution in [-0.4, -0.2) is 47.1 Å². The Morgan fingerprint density at radius 1 is 1.24 bits per heavy atom. The normalized spacial score (nSPS) is 22.6. The number of carboxylic acids is 1. The molecule has 0 heterocycles. The maximum absolute atomic E-state index is 13.7. The summed E-state index contributed by atoms with van der Waals surface area (Å²) in [4.78, 5) is 25.5. The van der Waals surface area contributed by atoms with Gasteiger partial charge in [-0.05, 0) is 68.7 Å². The van der Waals surface area contributed by atoms with Crippen molar-refractivity contribution in [3.05, 3.63) is 34.6 Å². The van der Waals surface area contributed by atoms with Gasteiger partial charge >= 0.3 is 5.97 Å². The maximum Gasteiger partial charge on any atom is 0.317 e. The van der Waals surface area contributed by atoms with E-state index in [9.17, 15) is 14.0 Å². The third-order valence-corrected chi connectivity index (χ3v) is 5.19. The topological polar surface area (TPSA) is 69.6 Å². The van der Waals surface area contributed by atoms with E-state index in [1.165, 1.54) is 12.8 Å². The van der Waals surface area contributed by atoms with Crippen LogP contribution in [0.5, 0.6) is 0 Å². The number of halogens is 1.